The number of rotatable bonds is 4. The summed E-state index contributed by atoms with van der Waals surface area (Å²) < 4.78 is 5.60. The lowest BCUT2D eigenvalue weighted by molar-refractivity contribution is -0.0713. The largest absolute Gasteiger partial charge is 0.493 e. The Balaban J connectivity index is 1.73. The Morgan fingerprint density at radius 1 is 1.46 bits per heavy atom. The minimum Gasteiger partial charge on any atom is -0.493 e. The predicted molar refractivity (Wildman–Crippen MR) is 91.2 cm³/mol. The van der Waals surface area contributed by atoms with Crippen LogP contribution in [0.4, 0.5) is 0 Å². The lowest BCUT2D eigenvalue weighted by atomic mass is 9.73. The molecule has 132 valence electrons. The maximum atomic E-state index is 12.8. The lowest BCUT2D eigenvalue weighted by Gasteiger charge is -2.44. The molecule has 0 bridgehead atoms. The van der Waals surface area contributed by atoms with Crippen LogP contribution in [-0.4, -0.2) is 53.4 Å². The quantitative estimate of drug-likeness (QED) is 0.884. The number of hydrogen-bond donors (Lipinski definition) is 2. The Morgan fingerprint density at radius 3 is 3.00 bits per heavy atom. The van der Waals surface area contributed by atoms with E-state index in [4.69, 9.17) is 4.74 Å². The van der Waals surface area contributed by atoms with Crippen LogP contribution < -0.4 is 4.74 Å². The number of fused-ring (bicyclic) bond motifs is 1. The van der Waals surface area contributed by atoms with Gasteiger partial charge in [-0.25, -0.2) is 0 Å². The number of nitrogens with zero attached hydrogens (tertiary/aromatic N) is 1. The average molecular weight is 333 g/mol. The van der Waals surface area contributed by atoms with Crippen LogP contribution >= 0.6 is 0 Å². The van der Waals surface area contributed by atoms with E-state index >= 15 is 0 Å². The first-order valence-corrected chi connectivity index (χ1v) is 8.93. The third-order valence-corrected chi connectivity index (χ3v) is 5.49. The molecule has 0 spiro atoms. The highest BCUT2D eigenvalue weighted by Crippen LogP contribution is 2.36. The van der Waals surface area contributed by atoms with Crippen molar-refractivity contribution in [1.29, 1.82) is 0 Å². The third-order valence-electron chi connectivity index (χ3n) is 5.49. The van der Waals surface area contributed by atoms with Gasteiger partial charge in [-0.1, -0.05) is 13.3 Å². The molecule has 2 N–H and O–H groups in total. The summed E-state index contributed by atoms with van der Waals surface area (Å²) in [5.74, 6) is 0.823. The van der Waals surface area contributed by atoms with Gasteiger partial charge in [0.05, 0.1) is 19.3 Å². The summed E-state index contributed by atoms with van der Waals surface area (Å²) in [6.45, 7) is 3.62. The van der Waals surface area contributed by atoms with Gasteiger partial charge in [-0.05, 0) is 49.4 Å². The number of ether oxygens (including phenoxy) is 1. The highest BCUT2D eigenvalue weighted by molar-refractivity contribution is 5.94. The van der Waals surface area contributed by atoms with Crippen LogP contribution in [-0.2, 0) is 6.42 Å². The first kappa shape index (κ1) is 17.2. The molecule has 0 aromatic heterocycles. The molecule has 0 radical (unpaired) electrons. The number of aliphatic hydroxyl groups is 2. The summed E-state index contributed by atoms with van der Waals surface area (Å²) in [6, 6.07) is 5.60. The minimum atomic E-state index is -0.680. The van der Waals surface area contributed by atoms with Gasteiger partial charge in [-0.3, -0.25) is 4.79 Å². The first-order chi connectivity index (χ1) is 11.6. The van der Waals surface area contributed by atoms with Crippen molar-refractivity contribution in [3.05, 3.63) is 29.3 Å². The van der Waals surface area contributed by atoms with Gasteiger partial charge in [0.2, 0.25) is 0 Å². The van der Waals surface area contributed by atoms with Crippen molar-refractivity contribution in [3.63, 3.8) is 0 Å². The van der Waals surface area contributed by atoms with Crippen molar-refractivity contribution >= 4 is 5.91 Å². The maximum Gasteiger partial charge on any atom is 0.253 e. The fourth-order valence-corrected chi connectivity index (χ4v) is 3.93. The number of amides is 1. The molecule has 1 aromatic rings. The molecular formula is C19H27NO4. The van der Waals surface area contributed by atoms with Gasteiger partial charge in [0.25, 0.3) is 5.91 Å². The molecule has 1 aromatic carbocycles. The highest BCUT2D eigenvalue weighted by Gasteiger charge is 2.42. The number of β-amino-alcohol motifs (C(OH)–C–C–N with tert-alkyl or cyclic N) is 1. The number of likely N-dealkylation sites (tertiary alicyclic amines) is 1. The number of benzene rings is 1. The molecule has 0 saturated carbocycles. The van der Waals surface area contributed by atoms with Crippen LogP contribution in [0.15, 0.2) is 18.2 Å². The van der Waals surface area contributed by atoms with Gasteiger partial charge < -0.3 is 19.8 Å². The molecule has 2 aliphatic heterocycles. The number of aryl methyl sites for hydroxylation is 1. The van der Waals surface area contributed by atoms with Crippen LogP contribution in [0.25, 0.3) is 0 Å². The van der Waals surface area contributed by atoms with Gasteiger partial charge in [0, 0.05) is 24.1 Å². The molecule has 1 fully saturated rings. The van der Waals surface area contributed by atoms with Crippen LogP contribution in [0.5, 0.6) is 5.75 Å². The Kier molecular flexibility index (Phi) is 5.11. The molecule has 24 heavy (non-hydrogen) atoms. The summed E-state index contributed by atoms with van der Waals surface area (Å²) in [7, 11) is 0. The Morgan fingerprint density at radius 2 is 2.29 bits per heavy atom. The van der Waals surface area contributed by atoms with Crippen molar-refractivity contribution in [2.75, 3.05) is 26.3 Å². The van der Waals surface area contributed by atoms with E-state index in [1.165, 1.54) is 0 Å². The lowest BCUT2D eigenvalue weighted by Crippen LogP contribution is -2.54. The van der Waals surface area contributed by atoms with E-state index in [0.29, 0.717) is 18.5 Å². The molecule has 0 unspecified atom stereocenters. The van der Waals surface area contributed by atoms with Gasteiger partial charge in [-0.2, -0.15) is 0 Å². The van der Waals surface area contributed by atoms with E-state index in [1.54, 1.807) is 11.0 Å². The van der Waals surface area contributed by atoms with Crippen molar-refractivity contribution < 1.29 is 19.7 Å². The summed E-state index contributed by atoms with van der Waals surface area (Å²) in [5.41, 5.74) is 1.27. The fourth-order valence-electron chi connectivity index (χ4n) is 3.93. The molecule has 2 aliphatic rings. The van der Waals surface area contributed by atoms with Crippen LogP contribution in [0.1, 0.15) is 48.5 Å². The smallest absolute Gasteiger partial charge is 0.253 e. The molecule has 2 atom stereocenters. The molecule has 5 heteroatoms. The van der Waals surface area contributed by atoms with Crippen LogP contribution in [0.3, 0.4) is 0 Å². The second-order valence-electron chi connectivity index (χ2n) is 7.06. The zero-order chi connectivity index (χ0) is 17.2. The Labute approximate surface area is 143 Å². The van der Waals surface area contributed by atoms with Crippen LogP contribution in [0.2, 0.25) is 0 Å². The second-order valence-corrected chi connectivity index (χ2v) is 7.06. The van der Waals surface area contributed by atoms with Gasteiger partial charge in [0.15, 0.2) is 0 Å². The summed E-state index contributed by atoms with van der Waals surface area (Å²) in [6.07, 6.45) is 3.56. The van der Waals surface area contributed by atoms with Crippen LogP contribution in [0, 0.1) is 5.41 Å². The molecular weight excluding hydrogens is 306 g/mol. The van der Waals surface area contributed by atoms with Crippen molar-refractivity contribution in [3.8, 4) is 5.75 Å². The molecule has 1 saturated heterocycles. The van der Waals surface area contributed by atoms with Gasteiger partial charge in [0.1, 0.15) is 5.75 Å². The maximum absolute atomic E-state index is 12.8. The third kappa shape index (κ3) is 3.15. The monoisotopic (exact) mass is 333 g/mol. The number of hydrogen-bond acceptors (Lipinski definition) is 4. The number of aliphatic hydroxyl groups excluding tert-OH is 2. The minimum absolute atomic E-state index is 0.0276. The molecule has 0 aliphatic carbocycles. The normalized spacial score (nSPS) is 26.6. The van der Waals surface area contributed by atoms with Gasteiger partial charge >= 0.3 is 0 Å². The predicted octanol–water partition coefficient (Wildman–Crippen LogP) is 2.00. The topological polar surface area (TPSA) is 70.0 Å². The van der Waals surface area contributed by atoms with E-state index in [0.717, 1.165) is 43.6 Å². The van der Waals surface area contributed by atoms with Crippen molar-refractivity contribution in [1.82, 2.24) is 4.90 Å². The standard InChI is InChI=1S/C19H27NO4/c1-2-7-19(13-21)8-9-20(12-17(19)22)18(23)15-5-6-16-14(11-15)4-3-10-24-16/h5-6,11,17,21-22H,2-4,7-10,12-13H2,1H3/t17-,19-/m1/s1. The summed E-state index contributed by atoms with van der Waals surface area (Å²) in [5, 5.41) is 20.3. The molecule has 2 heterocycles. The van der Waals surface area contributed by atoms with E-state index in [2.05, 4.69) is 6.92 Å². The first-order valence-electron chi connectivity index (χ1n) is 8.93. The van der Waals surface area contributed by atoms with E-state index in [-0.39, 0.29) is 19.1 Å². The van der Waals surface area contributed by atoms with Crippen molar-refractivity contribution in [2.24, 2.45) is 5.41 Å². The number of piperidine rings is 1. The number of carbonyl (C=O) groups excluding carboxylic acids is 1. The zero-order valence-electron chi connectivity index (χ0n) is 14.3. The Hall–Kier alpha value is -1.59. The molecule has 1 amide bonds. The van der Waals surface area contributed by atoms with E-state index < -0.39 is 11.5 Å². The highest BCUT2D eigenvalue weighted by atomic mass is 16.5. The van der Waals surface area contributed by atoms with E-state index in [1.807, 2.05) is 12.1 Å². The van der Waals surface area contributed by atoms with Gasteiger partial charge in [-0.15, -0.1) is 0 Å². The SMILES string of the molecule is CCC[C@]1(CO)CCN(C(=O)c2ccc3c(c2)CCCO3)C[C@H]1O. The van der Waals surface area contributed by atoms with E-state index in [9.17, 15) is 15.0 Å². The zero-order valence-corrected chi connectivity index (χ0v) is 14.3. The number of carbonyl (C=O) groups is 1. The summed E-state index contributed by atoms with van der Waals surface area (Å²) >= 11 is 0. The fraction of sp³-hybridized carbons (Fsp3) is 0.632. The Bertz CT molecular complexity index is 603. The molecule has 5 nitrogen and oxygen atoms in total. The van der Waals surface area contributed by atoms with Crippen molar-refractivity contribution in [2.45, 2.75) is 45.1 Å². The average Bonchev–Trinajstić information content (AvgIpc) is 2.62. The second kappa shape index (κ2) is 7.11. The molecule has 3 rings (SSSR count). The summed E-state index contributed by atoms with van der Waals surface area (Å²) in [4.78, 5) is 14.5.